The number of unbranched alkanes of at least 4 members (excludes halogenated alkanes) is 15. The molecule has 0 aliphatic carbocycles. The first-order chi connectivity index (χ1) is 21.4. The van der Waals surface area contributed by atoms with Gasteiger partial charge in [-0.25, -0.2) is 4.79 Å². The zero-order chi connectivity index (χ0) is 32.5. The molecule has 0 aliphatic rings. The summed E-state index contributed by atoms with van der Waals surface area (Å²) in [4.78, 5) is 27.0. The maximum Gasteiger partial charge on any atom is 0.508 e. The molecule has 0 radical (unpaired) electrons. The molecule has 0 rings (SSSR count). The summed E-state index contributed by atoms with van der Waals surface area (Å²) in [6, 6.07) is 0. The molecule has 0 amide bonds. The minimum atomic E-state index is -0.602. The number of ether oxygens (including phenoxy) is 3. The van der Waals surface area contributed by atoms with Crippen LogP contribution in [0.1, 0.15) is 188 Å². The van der Waals surface area contributed by atoms with Crippen molar-refractivity contribution in [3.63, 3.8) is 0 Å². The zero-order valence-electron chi connectivity index (χ0n) is 30.1. The number of carbonyl (C=O) groups excluding carboxylic acids is 2. The third kappa shape index (κ3) is 30.7. The van der Waals surface area contributed by atoms with Crippen molar-refractivity contribution < 1.29 is 23.8 Å². The van der Waals surface area contributed by atoms with Gasteiger partial charge in [0.25, 0.3) is 0 Å². The van der Waals surface area contributed by atoms with Crippen LogP contribution in [0.3, 0.4) is 0 Å². The molecule has 0 fully saturated rings. The van der Waals surface area contributed by atoms with Crippen LogP contribution >= 0.6 is 0 Å². The van der Waals surface area contributed by atoms with Crippen LogP contribution in [0.25, 0.3) is 0 Å². The van der Waals surface area contributed by atoms with Crippen LogP contribution in [0.4, 0.5) is 4.79 Å². The van der Waals surface area contributed by atoms with Gasteiger partial charge in [-0.3, -0.25) is 4.79 Å². The van der Waals surface area contributed by atoms with E-state index in [1.54, 1.807) is 0 Å². The van der Waals surface area contributed by atoms with Crippen LogP contribution in [0.2, 0.25) is 0 Å². The van der Waals surface area contributed by atoms with Gasteiger partial charge in [0.05, 0.1) is 13.2 Å². The minimum Gasteiger partial charge on any atom is -0.466 e. The van der Waals surface area contributed by atoms with Gasteiger partial charge in [-0.15, -0.1) is 0 Å². The first kappa shape index (κ1) is 42.7. The average Bonchev–Trinajstić information content (AvgIpc) is 2.99. The molecule has 6 heteroatoms. The summed E-state index contributed by atoms with van der Waals surface area (Å²) >= 11 is 0. The first-order valence-corrected chi connectivity index (χ1v) is 19.1. The number of hydrogen-bond donors (Lipinski definition) is 0. The molecule has 0 aromatic carbocycles. The van der Waals surface area contributed by atoms with Crippen LogP contribution in [-0.4, -0.2) is 57.0 Å². The zero-order valence-corrected chi connectivity index (χ0v) is 30.1. The highest BCUT2D eigenvalue weighted by Gasteiger charge is 2.17. The van der Waals surface area contributed by atoms with E-state index in [-0.39, 0.29) is 12.1 Å². The van der Waals surface area contributed by atoms with Crippen LogP contribution in [-0.2, 0) is 19.0 Å². The molecule has 6 nitrogen and oxygen atoms in total. The van der Waals surface area contributed by atoms with Gasteiger partial charge in [0.1, 0.15) is 6.10 Å². The van der Waals surface area contributed by atoms with E-state index >= 15 is 0 Å². The fourth-order valence-electron chi connectivity index (χ4n) is 5.89. The highest BCUT2D eigenvalue weighted by Crippen LogP contribution is 2.24. The van der Waals surface area contributed by atoms with E-state index in [2.05, 4.69) is 25.7 Å². The number of carbonyl (C=O) groups is 2. The lowest BCUT2D eigenvalue weighted by Crippen LogP contribution is -2.23. The lowest BCUT2D eigenvalue weighted by atomic mass is 9.90. The Bertz CT molecular complexity index is 612. The van der Waals surface area contributed by atoms with Crippen molar-refractivity contribution in [1.82, 2.24) is 4.90 Å². The van der Waals surface area contributed by atoms with Crippen LogP contribution < -0.4 is 0 Å². The summed E-state index contributed by atoms with van der Waals surface area (Å²) in [5.74, 6) is 0.617. The molecule has 1 atom stereocenters. The molecule has 44 heavy (non-hydrogen) atoms. The summed E-state index contributed by atoms with van der Waals surface area (Å²) < 4.78 is 16.6. The van der Waals surface area contributed by atoms with Gasteiger partial charge >= 0.3 is 12.1 Å². The SMILES string of the molecule is CCCCCCCCCCC(CCOC(=O)CCCC(CCCCCCC)CCCCCCC)OC(=O)OCCCN(C)C. The molecule has 1 unspecified atom stereocenters. The smallest absolute Gasteiger partial charge is 0.466 e. The van der Waals surface area contributed by atoms with E-state index in [1.807, 2.05) is 14.1 Å². The lowest BCUT2D eigenvalue weighted by Gasteiger charge is -2.18. The summed E-state index contributed by atoms with van der Waals surface area (Å²) in [5, 5.41) is 0. The monoisotopic (exact) mass is 626 g/mol. The van der Waals surface area contributed by atoms with Gasteiger partial charge < -0.3 is 19.1 Å². The molecular weight excluding hydrogens is 550 g/mol. The van der Waals surface area contributed by atoms with Gasteiger partial charge in [-0.05, 0) is 52.1 Å². The molecule has 0 saturated carbocycles. The molecule has 0 saturated heterocycles. The average molecular weight is 626 g/mol. The summed E-state index contributed by atoms with van der Waals surface area (Å²) in [6.07, 6.45) is 29.5. The van der Waals surface area contributed by atoms with Crippen LogP contribution in [0.5, 0.6) is 0 Å². The largest absolute Gasteiger partial charge is 0.508 e. The van der Waals surface area contributed by atoms with E-state index in [0.29, 0.717) is 26.1 Å². The fraction of sp³-hybridized carbons (Fsp3) is 0.947. The molecule has 0 bridgehead atoms. The van der Waals surface area contributed by atoms with E-state index in [0.717, 1.165) is 51.0 Å². The molecule has 0 spiro atoms. The molecular formula is C38H75NO5. The van der Waals surface area contributed by atoms with Crippen molar-refractivity contribution in [2.24, 2.45) is 5.92 Å². The Kier molecular flexibility index (Phi) is 32.1. The standard InChI is InChI=1S/C38H75NO5/c1-6-9-12-15-16-17-20-23-29-36(44-38(41)43-33-25-32-39(4)5)31-34-42-37(40)30-24-28-35(26-21-18-13-10-7-2)27-22-19-14-11-8-3/h35-36H,6-34H2,1-5H3. The first-order valence-electron chi connectivity index (χ1n) is 19.1. The van der Waals surface area contributed by atoms with Crippen molar-refractivity contribution in [3.8, 4) is 0 Å². The predicted octanol–water partition coefficient (Wildman–Crippen LogP) is 11.4. The molecule has 0 aromatic rings. The lowest BCUT2D eigenvalue weighted by molar-refractivity contribution is -0.144. The Hall–Kier alpha value is -1.30. The number of esters is 1. The maximum atomic E-state index is 12.6. The van der Waals surface area contributed by atoms with Crippen LogP contribution in [0, 0.1) is 5.92 Å². The Morgan fingerprint density at radius 3 is 1.52 bits per heavy atom. The van der Waals surface area contributed by atoms with Crippen molar-refractivity contribution in [2.75, 3.05) is 33.9 Å². The van der Waals surface area contributed by atoms with Crippen molar-refractivity contribution in [2.45, 2.75) is 194 Å². The van der Waals surface area contributed by atoms with E-state index in [1.165, 1.54) is 116 Å². The van der Waals surface area contributed by atoms with E-state index < -0.39 is 6.16 Å². The number of rotatable bonds is 33. The van der Waals surface area contributed by atoms with Crippen LogP contribution in [0.15, 0.2) is 0 Å². The van der Waals surface area contributed by atoms with Gasteiger partial charge in [0, 0.05) is 19.4 Å². The summed E-state index contributed by atoms with van der Waals surface area (Å²) in [6.45, 7) is 8.30. The Morgan fingerprint density at radius 1 is 0.523 bits per heavy atom. The maximum absolute atomic E-state index is 12.6. The fourth-order valence-corrected chi connectivity index (χ4v) is 5.89. The second-order valence-electron chi connectivity index (χ2n) is 13.4. The molecule has 0 aromatic heterocycles. The predicted molar refractivity (Wildman–Crippen MR) is 186 cm³/mol. The van der Waals surface area contributed by atoms with Gasteiger partial charge in [0.2, 0.25) is 0 Å². The number of hydrogen-bond acceptors (Lipinski definition) is 6. The summed E-state index contributed by atoms with van der Waals surface area (Å²) in [7, 11) is 4.01. The minimum absolute atomic E-state index is 0.119. The van der Waals surface area contributed by atoms with Crippen molar-refractivity contribution in [1.29, 1.82) is 0 Å². The second-order valence-corrected chi connectivity index (χ2v) is 13.4. The van der Waals surface area contributed by atoms with Gasteiger partial charge in [0.15, 0.2) is 0 Å². The van der Waals surface area contributed by atoms with Crippen molar-refractivity contribution >= 4 is 12.1 Å². The third-order valence-electron chi connectivity index (χ3n) is 8.74. The molecule has 0 aliphatic heterocycles. The van der Waals surface area contributed by atoms with Crippen molar-refractivity contribution in [3.05, 3.63) is 0 Å². The molecule has 0 heterocycles. The Morgan fingerprint density at radius 2 is 1.00 bits per heavy atom. The topological polar surface area (TPSA) is 65.1 Å². The quantitative estimate of drug-likeness (QED) is 0.0534. The summed E-state index contributed by atoms with van der Waals surface area (Å²) in [5.41, 5.74) is 0. The van der Waals surface area contributed by atoms with E-state index in [4.69, 9.17) is 14.2 Å². The Labute approximate surface area is 274 Å². The molecule has 262 valence electrons. The highest BCUT2D eigenvalue weighted by molar-refractivity contribution is 5.69. The van der Waals surface area contributed by atoms with Gasteiger partial charge in [-0.2, -0.15) is 0 Å². The molecule has 0 N–H and O–H groups in total. The highest BCUT2D eigenvalue weighted by atomic mass is 16.7. The normalized spacial score (nSPS) is 12.2. The Balaban J connectivity index is 4.50. The number of nitrogens with zero attached hydrogens (tertiary/aromatic N) is 1. The third-order valence-corrected chi connectivity index (χ3v) is 8.74. The van der Waals surface area contributed by atoms with E-state index in [9.17, 15) is 9.59 Å². The van der Waals surface area contributed by atoms with Gasteiger partial charge in [-0.1, -0.05) is 143 Å². The second kappa shape index (κ2) is 33.1.